The maximum Gasteiger partial charge on any atom is 0.0589 e. The average Bonchev–Trinajstić information content (AvgIpc) is 2.59. The van der Waals surface area contributed by atoms with Gasteiger partial charge in [-0.25, -0.2) is 0 Å². The van der Waals surface area contributed by atoms with Gasteiger partial charge in [-0.15, -0.1) is 0 Å². The summed E-state index contributed by atoms with van der Waals surface area (Å²) in [7, 11) is 0. The minimum absolute atomic E-state index is 0.231. The molecule has 0 amide bonds. The van der Waals surface area contributed by atoms with Gasteiger partial charge in [0.05, 0.1) is 11.4 Å². The molecule has 3 N–H and O–H groups in total. The van der Waals surface area contributed by atoms with Gasteiger partial charge in [-0.3, -0.25) is 0 Å². The van der Waals surface area contributed by atoms with Crippen LogP contribution in [0.4, 0.5) is 11.4 Å². The predicted molar refractivity (Wildman–Crippen MR) is 69.1 cm³/mol. The van der Waals surface area contributed by atoms with Crippen LogP contribution in [-0.4, -0.2) is 5.54 Å². The summed E-state index contributed by atoms with van der Waals surface area (Å²) in [6.07, 6.45) is 5.10. The molecule has 0 heterocycles. The van der Waals surface area contributed by atoms with E-state index in [1.54, 1.807) is 0 Å². The maximum atomic E-state index is 5.94. The van der Waals surface area contributed by atoms with Crippen LogP contribution in [0.2, 0.25) is 0 Å². The van der Waals surface area contributed by atoms with Crippen LogP contribution in [0.25, 0.3) is 0 Å². The Labute approximate surface area is 99.4 Å². The second-order valence-corrected chi connectivity index (χ2v) is 5.54. The third-order valence-electron chi connectivity index (χ3n) is 3.16. The van der Waals surface area contributed by atoms with Crippen LogP contribution >= 0.6 is 15.9 Å². The topological polar surface area (TPSA) is 38.0 Å². The molecule has 0 unspecified atom stereocenters. The third kappa shape index (κ3) is 2.46. The molecular weight excluding hydrogens is 252 g/mol. The molecule has 2 nitrogen and oxygen atoms in total. The van der Waals surface area contributed by atoms with Gasteiger partial charge >= 0.3 is 0 Å². The lowest BCUT2D eigenvalue weighted by atomic mass is 10.00. The zero-order chi connectivity index (χ0) is 10.9. The molecule has 1 aliphatic carbocycles. The smallest absolute Gasteiger partial charge is 0.0589 e. The van der Waals surface area contributed by atoms with Crippen molar-refractivity contribution in [2.45, 2.75) is 38.1 Å². The Bertz CT molecular complexity index is 357. The Balaban J connectivity index is 2.19. The fourth-order valence-electron chi connectivity index (χ4n) is 2.24. The fraction of sp³-hybridized carbons (Fsp3) is 0.500. The molecule has 2 rings (SSSR count). The molecule has 1 aromatic carbocycles. The van der Waals surface area contributed by atoms with Crippen LogP contribution in [0.1, 0.15) is 32.6 Å². The molecule has 1 aromatic rings. The summed E-state index contributed by atoms with van der Waals surface area (Å²) in [6, 6.07) is 5.96. The van der Waals surface area contributed by atoms with Crippen LogP contribution in [0.5, 0.6) is 0 Å². The third-order valence-corrected chi connectivity index (χ3v) is 3.65. The Morgan fingerprint density at radius 1 is 1.33 bits per heavy atom. The molecule has 3 heteroatoms. The van der Waals surface area contributed by atoms with Gasteiger partial charge in [0.1, 0.15) is 0 Å². The van der Waals surface area contributed by atoms with Crippen molar-refractivity contribution in [3.8, 4) is 0 Å². The Hall–Kier alpha value is -0.700. The van der Waals surface area contributed by atoms with E-state index >= 15 is 0 Å². The van der Waals surface area contributed by atoms with E-state index in [1.807, 2.05) is 12.1 Å². The number of nitrogens with two attached hydrogens (primary N) is 1. The van der Waals surface area contributed by atoms with Crippen molar-refractivity contribution in [3.05, 3.63) is 22.7 Å². The summed E-state index contributed by atoms with van der Waals surface area (Å²) >= 11 is 3.47. The Morgan fingerprint density at radius 2 is 2.00 bits per heavy atom. The van der Waals surface area contributed by atoms with E-state index in [1.165, 1.54) is 25.7 Å². The first-order chi connectivity index (χ1) is 7.09. The summed E-state index contributed by atoms with van der Waals surface area (Å²) < 4.78 is 1.07. The fourth-order valence-corrected chi connectivity index (χ4v) is 2.60. The van der Waals surface area contributed by atoms with Gasteiger partial charge in [-0.2, -0.15) is 0 Å². The van der Waals surface area contributed by atoms with Crippen molar-refractivity contribution in [3.63, 3.8) is 0 Å². The van der Waals surface area contributed by atoms with Crippen LogP contribution in [0, 0.1) is 0 Å². The van der Waals surface area contributed by atoms with Crippen molar-refractivity contribution >= 4 is 27.3 Å². The van der Waals surface area contributed by atoms with Gasteiger partial charge in [0.2, 0.25) is 0 Å². The summed E-state index contributed by atoms with van der Waals surface area (Å²) in [5, 5.41) is 3.57. The number of nitrogen functional groups attached to an aromatic ring is 1. The number of anilines is 2. The average molecular weight is 269 g/mol. The molecule has 1 aliphatic rings. The quantitative estimate of drug-likeness (QED) is 0.802. The van der Waals surface area contributed by atoms with Crippen LogP contribution in [-0.2, 0) is 0 Å². The SMILES string of the molecule is CC1(Nc2cc(Br)ccc2N)CCCC1. The van der Waals surface area contributed by atoms with Crippen molar-refractivity contribution in [2.24, 2.45) is 0 Å². The number of halogens is 1. The second kappa shape index (κ2) is 4.05. The zero-order valence-electron chi connectivity index (χ0n) is 9.02. The summed E-state index contributed by atoms with van der Waals surface area (Å²) in [4.78, 5) is 0. The number of hydrogen-bond donors (Lipinski definition) is 2. The van der Waals surface area contributed by atoms with Gasteiger partial charge in [-0.05, 0) is 38.0 Å². The van der Waals surface area contributed by atoms with E-state index in [9.17, 15) is 0 Å². The molecule has 1 fully saturated rings. The van der Waals surface area contributed by atoms with E-state index in [0.717, 1.165) is 15.8 Å². The highest BCUT2D eigenvalue weighted by Gasteiger charge is 2.28. The first-order valence-corrected chi connectivity index (χ1v) is 6.22. The van der Waals surface area contributed by atoms with Gasteiger partial charge < -0.3 is 11.1 Å². The highest BCUT2D eigenvalue weighted by atomic mass is 79.9. The first kappa shape index (κ1) is 10.8. The van der Waals surface area contributed by atoms with Crippen molar-refractivity contribution in [2.75, 3.05) is 11.1 Å². The molecule has 0 spiro atoms. The van der Waals surface area contributed by atoms with Gasteiger partial charge in [0.25, 0.3) is 0 Å². The van der Waals surface area contributed by atoms with Gasteiger partial charge in [0.15, 0.2) is 0 Å². The van der Waals surface area contributed by atoms with E-state index in [2.05, 4.69) is 34.2 Å². The molecule has 15 heavy (non-hydrogen) atoms. The largest absolute Gasteiger partial charge is 0.397 e. The standard InChI is InChI=1S/C12H17BrN2/c1-12(6-2-3-7-12)15-11-8-9(13)4-5-10(11)14/h4-5,8,15H,2-3,6-7,14H2,1H3. The highest BCUT2D eigenvalue weighted by Crippen LogP contribution is 2.35. The minimum Gasteiger partial charge on any atom is -0.397 e. The Morgan fingerprint density at radius 3 is 2.67 bits per heavy atom. The molecule has 0 saturated heterocycles. The van der Waals surface area contributed by atoms with Crippen molar-refractivity contribution in [1.29, 1.82) is 0 Å². The highest BCUT2D eigenvalue weighted by molar-refractivity contribution is 9.10. The van der Waals surface area contributed by atoms with E-state index in [-0.39, 0.29) is 5.54 Å². The van der Waals surface area contributed by atoms with Crippen LogP contribution in [0.3, 0.4) is 0 Å². The molecule has 0 atom stereocenters. The van der Waals surface area contributed by atoms with E-state index < -0.39 is 0 Å². The number of rotatable bonds is 2. The molecule has 0 bridgehead atoms. The lowest BCUT2D eigenvalue weighted by molar-refractivity contribution is 0.533. The molecule has 0 aromatic heterocycles. The number of hydrogen-bond acceptors (Lipinski definition) is 2. The first-order valence-electron chi connectivity index (χ1n) is 5.42. The Kier molecular flexibility index (Phi) is 2.91. The van der Waals surface area contributed by atoms with E-state index in [4.69, 9.17) is 5.73 Å². The molecular formula is C12H17BrN2. The predicted octanol–water partition coefficient (Wildman–Crippen LogP) is 3.78. The molecule has 1 saturated carbocycles. The van der Waals surface area contributed by atoms with Crippen LogP contribution < -0.4 is 11.1 Å². The van der Waals surface area contributed by atoms with Gasteiger partial charge in [-0.1, -0.05) is 28.8 Å². The van der Waals surface area contributed by atoms with Crippen molar-refractivity contribution < 1.29 is 0 Å². The summed E-state index contributed by atoms with van der Waals surface area (Å²) in [6.45, 7) is 2.28. The minimum atomic E-state index is 0.231. The van der Waals surface area contributed by atoms with Crippen molar-refractivity contribution in [1.82, 2.24) is 0 Å². The van der Waals surface area contributed by atoms with Crippen LogP contribution in [0.15, 0.2) is 22.7 Å². The normalized spacial score (nSPS) is 19.1. The monoisotopic (exact) mass is 268 g/mol. The second-order valence-electron chi connectivity index (χ2n) is 4.62. The molecule has 0 radical (unpaired) electrons. The zero-order valence-corrected chi connectivity index (χ0v) is 10.6. The molecule has 0 aliphatic heterocycles. The number of nitrogens with one attached hydrogen (secondary N) is 1. The van der Waals surface area contributed by atoms with E-state index in [0.29, 0.717) is 0 Å². The van der Waals surface area contributed by atoms with Gasteiger partial charge in [0, 0.05) is 10.0 Å². The molecule has 82 valence electrons. The lowest BCUT2D eigenvalue weighted by Crippen LogP contribution is -2.31. The lowest BCUT2D eigenvalue weighted by Gasteiger charge is -2.27. The summed E-state index contributed by atoms with van der Waals surface area (Å²) in [5.41, 5.74) is 8.05. The number of benzene rings is 1. The maximum absolute atomic E-state index is 5.94. The summed E-state index contributed by atoms with van der Waals surface area (Å²) in [5.74, 6) is 0.